The minimum absolute atomic E-state index is 0.237. The lowest BCUT2D eigenvalue weighted by Gasteiger charge is -2.06. The maximum Gasteiger partial charge on any atom is 0.343 e. The fourth-order valence-electron chi connectivity index (χ4n) is 2.60. The largest absolute Gasteiger partial charge is 0.497 e. The molecule has 0 aromatic heterocycles. The molecule has 33 heavy (non-hydrogen) atoms. The fourth-order valence-corrected chi connectivity index (χ4v) is 2.72. The fraction of sp³-hybridized carbons (Fsp3) is 0.0833. The van der Waals surface area contributed by atoms with Crippen molar-refractivity contribution in [2.75, 3.05) is 13.7 Å². The van der Waals surface area contributed by atoms with Gasteiger partial charge in [0.15, 0.2) is 0 Å². The van der Waals surface area contributed by atoms with E-state index in [-0.39, 0.29) is 6.54 Å². The van der Waals surface area contributed by atoms with E-state index in [1.807, 2.05) is 0 Å². The molecule has 0 saturated heterocycles. The molecule has 0 saturated carbocycles. The number of carbonyl (C=O) groups is 3. The van der Waals surface area contributed by atoms with Crippen molar-refractivity contribution < 1.29 is 23.9 Å². The number of hydrazone groups is 1. The third-order valence-electron chi connectivity index (χ3n) is 4.34. The van der Waals surface area contributed by atoms with Crippen LogP contribution in [0, 0.1) is 0 Å². The summed E-state index contributed by atoms with van der Waals surface area (Å²) in [4.78, 5) is 36.0. The van der Waals surface area contributed by atoms with Gasteiger partial charge in [0.25, 0.3) is 11.8 Å². The molecule has 3 rings (SSSR count). The first kappa shape index (κ1) is 23.5. The molecule has 3 aromatic rings. The molecular formula is C24H20ClN3O5. The summed E-state index contributed by atoms with van der Waals surface area (Å²) in [7, 11) is 1.55. The van der Waals surface area contributed by atoms with Crippen LogP contribution in [0.25, 0.3) is 0 Å². The minimum atomic E-state index is -0.494. The van der Waals surface area contributed by atoms with E-state index in [1.165, 1.54) is 6.21 Å². The third kappa shape index (κ3) is 7.19. The first-order valence-electron chi connectivity index (χ1n) is 9.76. The summed E-state index contributed by atoms with van der Waals surface area (Å²) in [6, 6.07) is 19.4. The van der Waals surface area contributed by atoms with E-state index in [0.717, 1.165) is 0 Å². The van der Waals surface area contributed by atoms with E-state index in [9.17, 15) is 14.4 Å². The summed E-state index contributed by atoms with van der Waals surface area (Å²) >= 11 is 5.78. The van der Waals surface area contributed by atoms with Crippen LogP contribution in [-0.2, 0) is 4.79 Å². The number of halogens is 1. The van der Waals surface area contributed by atoms with Crippen molar-refractivity contribution in [3.05, 3.63) is 94.5 Å². The molecule has 0 aliphatic heterocycles. The molecule has 0 atom stereocenters. The van der Waals surface area contributed by atoms with E-state index < -0.39 is 17.8 Å². The molecule has 0 unspecified atom stereocenters. The lowest BCUT2D eigenvalue weighted by molar-refractivity contribution is -0.120. The van der Waals surface area contributed by atoms with E-state index in [4.69, 9.17) is 21.1 Å². The van der Waals surface area contributed by atoms with Gasteiger partial charge in [0.1, 0.15) is 11.5 Å². The normalized spacial score (nSPS) is 10.5. The molecule has 0 fully saturated rings. The van der Waals surface area contributed by atoms with E-state index in [1.54, 1.807) is 79.9 Å². The molecule has 0 aliphatic rings. The number of amides is 2. The number of esters is 1. The Bertz CT molecular complexity index is 1140. The lowest BCUT2D eigenvalue weighted by Crippen LogP contribution is -2.34. The molecule has 168 valence electrons. The zero-order valence-electron chi connectivity index (χ0n) is 17.6. The van der Waals surface area contributed by atoms with Gasteiger partial charge in [-0.05, 0) is 78.4 Å². The first-order chi connectivity index (χ1) is 15.9. The minimum Gasteiger partial charge on any atom is -0.497 e. The third-order valence-corrected chi connectivity index (χ3v) is 4.59. The Labute approximate surface area is 195 Å². The molecule has 9 heteroatoms. The average molecular weight is 466 g/mol. The van der Waals surface area contributed by atoms with Crippen LogP contribution >= 0.6 is 11.6 Å². The Morgan fingerprint density at radius 1 is 0.879 bits per heavy atom. The zero-order valence-corrected chi connectivity index (χ0v) is 18.3. The predicted octanol–water partition coefficient (Wildman–Crippen LogP) is 3.45. The highest BCUT2D eigenvalue weighted by molar-refractivity contribution is 6.30. The van der Waals surface area contributed by atoms with Crippen molar-refractivity contribution in [2.24, 2.45) is 5.10 Å². The molecule has 0 aliphatic carbocycles. The Morgan fingerprint density at radius 2 is 1.48 bits per heavy atom. The second-order valence-electron chi connectivity index (χ2n) is 6.67. The number of ether oxygens (including phenoxy) is 2. The summed E-state index contributed by atoms with van der Waals surface area (Å²) in [5, 5.41) is 6.85. The van der Waals surface area contributed by atoms with Crippen LogP contribution in [0.1, 0.15) is 26.3 Å². The van der Waals surface area contributed by atoms with Gasteiger partial charge in [-0.25, -0.2) is 10.2 Å². The molecule has 0 bridgehead atoms. The van der Waals surface area contributed by atoms with Crippen LogP contribution in [0.3, 0.4) is 0 Å². The summed E-state index contributed by atoms with van der Waals surface area (Å²) in [6.07, 6.45) is 1.42. The van der Waals surface area contributed by atoms with Crippen molar-refractivity contribution in [3.8, 4) is 11.5 Å². The van der Waals surface area contributed by atoms with Crippen molar-refractivity contribution in [1.82, 2.24) is 10.7 Å². The Hall–Kier alpha value is -4.17. The number of benzene rings is 3. The van der Waals surface area contributed by atoms with E-state index in [0.29, 0.717) is 33.2 Å². The van der Waals surface area contributed by atoms with Crippen molar-refractivity contribution in [1.29, 1.82) is 0 Å². The predicted molar refractivity (Wildman–Crippen MR) is 124 cm³/mol. The monoisotopic (exact) mass is 465 g/mol. The number of methoxy groups -OCH3 is 1. The lowest BCUT2D eigenvalue weighted by atomic mass is 10.2. The quantitative estimate of drug-likeness (QED) is 0.229. The second-order valence-corrected chi connectivity index (χ2v) is 7.11. The molecule has 2 N–H and O–H groups in total. The highest BCUT2D eigenvalue weighted by Crippen LogP contribution is 2.16. The van der Waals surface area contributed by atoms with Gasteiger partial charge >= 0.3 is 5.97 Å². The summed E-state index contributed by atoms with van der Waals surface area (Å²) in [5.74, 6) is -0.371. The molecule has 0 heterocycles. The maximum absolute atomic E-state index is 12.2. The van der Waals surface area contributed by atoms with Crippen molar-refractivity contribution in [2.45, 2.75) is 0 Å². The highest BCUT2D eigenvalue weighted by Gasteiger charge is 2.09. The van der Waals surface area contributed by atoms with E-state index in [2.05, 4.69) is 15.8 Å². The molecule has 3 aromatic carbocycles. The van der Waals surface area contributed by atoms with Gasteiger partial charge in [0, 0.05) is 10.6 Å². The topological polar surface area (TPSA) is 106 Å². The Kier molecular flexibility index (Phi) is 8.15. The Balaban J connectivity index is 1.44. The van der Waals surface area contributed by atoms with Gasteiger partial charge in [0.2, 0.25) is 0 Å². The van der Waals surface area contributed by atoms with Crippen LogP contribution in [0.2, 0.25) is 5.02 Å². The smallest absolute Gasteiger partial charge is 0.343 e. The Morgan fingerprint density at radius 3 is 2.12 bits per heavy atom. The molecule has 2 amide bonds. The van der Waals surface area contributed by atoms with Crippen molar-refractivity contribution in [3.63, 3.8) is 0 Å². The first-order valence-corrected chi connectivity index (χ1v) is 10.1. The molecule has 0 radical (unpaired) electrons. The molecule has 8 nitrogen and oxygen atoms in total. The van der Waals surface area contributed by atoms with Crippen LogP contribution in [0.15, 0.2) is 77.9 Å². The van der Waals surface area contributed by atoms with Gasteiger partial charge in [-0.15, -0.1) is 0 Å². The maximum atomic E-state index is 12.2. The summed E-state index contributed by atoms with van der Waals surface area (Å²) in [6.45, 7) is -0.237. The number of hydrogen-bond acceptors (Lipinski definition) is 6. The summed E-state index contributed by atoms with van der Waals surface area (Å²) < 4.78 is 10.4. The van der Waals surface area contributed by atoms with Crippen LogP contribution in [0.5, 0.6) is 11.5 Å². The zero-order chi connectivity index (χ0) is 23.6. The molecule has 0 spiro atoms. The van der Waals surface area contributed by atoms with Gasteiger partial charge in [-0.3, -0.25) is 9.59 Å². The highest BCUT2D eigenvalue weighted by atomic mass is 35.5. The molecular weight excluding hydrogens is 446 g/mol. The van der Waals surface area contributed by atoms with Gasteiger partial charge in [0.05, 0.1) is 25.4 Å². The second kappa shape index (κ2) is 11.4. The van der Waals surface area contributed by atoms with Gasteiger partial charge in [-0.1, -0.05) is 11.6 Å². The summed E-state index contributed by atoms with van der Waals surface area (Å²) in [5.41, 5.74) is 3.78. The number of nitrogens with zero attached hydrogens (tertiary/aromatic N) is 1. The standard InChI is InChI=1S/C24H20ClN3O5/c1-32-20-12-6-18(7-13-20)24(31)33-21-10-2-16(3-11-21)14-27-28-22(29)15-26-23(30)17-4-8-19(25)9-5-17/h2-14H,15H2,1H3,(H,26,30)(H,28,29). The number of rotatable bonds is 8. The van der Waals surface area contributed by atoms with E-state index >= 15 is 0 Å². The van der Waals surface area contributed by atoms with Crippen LogP contribution in [-0.4, -0.2) is 37.7 Å². The van der Waals surface area contributed by atoms with Gasteiger partial charge in [-0.2, -0.15) is 5.10 Å². The average Bonchev–Trinajstić information content (AvgIpc) is 2.84. The van der Waals surface area contributed by atoms with Gasteiger partial charge < -0.3 is 14.8 Å². The number of nitrogens with one attached hydrogen (secondary N) is 2. The number of hydrogen-bond donors (Lipinski definition) is 2. The number of carbonyl (C=O) groups excluding carboxylic acids is 3. The van der Waals surface area contributed by atoms with Crippen LogP contribution in [0.4, 0.5) is 0 Å². The van der Waals surface area contributed by atoms with Crippen LogP contribution < -0.4 is 20.2 Å². The van der Waals surface area contributed by atoms with Crippen molar-refractivity contribution >= 4 is 35.6 Å². The SMILES string of the molecule is COc1ccc(C(=O)Oc2ccc(C=NNC(=O)CNC(=O)c3ccc(Cl)cc3)cc2)cc1.